The van der Waals surface area contributed by atoms with Gasteiger partial charge in [0.2, 0.25) is 5.91 Å². The van der Waals surface area contributed by atoms with Crippen molar-refractivity contribution in [3.63, 3.8) is 0 Å². The van der Waals surface area contributed by atoms with Crippen LogP contribution in [0.15, 0.2) is 54.6 Å². The summed E-state index contributed by atoms with van der Waals surface area (Å²) >= 11 is 0. The summed E-state index contributed by atoms with van der Waals surface area (Å²) in [5, 5.41) is 5.41. The van der Waals surface area contributed by atoms with Crippen LogP contribution in [-0.2, 0) is 4.79 Å². The Balaban J connectivity index is 2.02. The van der Waals surface area contributed by atoms with Crippen LogP contribution in [0.25, 0.3) is 0 Å². The lowest BCUT2D eigenvalue weighted by molar-refractivity contribution is -0.122. The molecule has 0 aliphatic heterocycles. The number of rotatable bonds is 6. The summed E-state index contributed by atoms with van der Waals surface area (Å²) in [7, 11) is 0. The third-order valence-electron chi connectivity index (χ3n) is 3.66. The molecule has 4 N–H and O–H groups in total. The molecule has 0 saturated heterocycles. The summed E-state index contributed by atoms with van der Waals surface area (Å²) in [5.41, 5.74) is 6.78. The first kappa shape index (κ1) is 17.5. The van der Waals surface area contributed by atoms with Crippen molar-refractivity contribution in [2.75, 3.05) is 0 Å². The number of nitrogens with two attached hydrogens (primary N) is 1. The molecule has 0 spiro atoms. The number of amides is 3. The molecule has 0 fully saturated rings. The molecule has 5 nitrogen and oxygen atoms in total. The highest BCUT2D eigenvalue weighted by molar-refractivity contribution is 5.79. The molecule has 0 aliphatic carbocycles. The molecule has 0 heterocycles. The van der Waals surface area contributed by atoms with Crippen LogP contribution in [0.1, 0.15) is 36.6 Å². The van der Waals surface area contributed by atoms with Crippen LogP contribution in [0.5, 0.6) is 0 Å². The van der Waals surface area contributed by atoms with E-state index in [1.54, 1.807) is 12.1 Å². The predicted molar refractivity (Wildman–Crippen MR) is 89.5 cm³/mol. The summed E-state index contributed by atoms with van der Waals surface area (Å²) in [4.78, 5) is 23.5. The van der Waals surface area contributed by atoms with Crippen molar-refractivity contribution in [3.05, 3.63) is 71.5 Å². The maximum atomic E-state index is 13.0. The van der Waals surface area contributed by atoms with Crippen molar-refractivity contribution in [2.24, 2.45) is 5.73 Å². The molecule has 24 heavy (non-hydrogen) atoms. The van der Waals surface area contributed by atoms with Gasteiger partial charge in [-0.1, -0.05) is 42.5 Å². The van der Waals surface area contributed by atoms with Crippen LogP contribution in [0, 0.1) is 5.82 Å². The zero-order chi connectivity index (χ0) is 17.5. The van der Waals surface area contributed by atoms with Gasteiger partial charge in [0.25, 0.3) is 0 Å². The number of nitrogens with one attached hydrogen (secondary N) is 2. The van der Waals surface area contributed by atoms with Crippen LogP contribution in [0.4, 0.5) is 9.18 Å². The first-order valence-corrected chi connectivity index (χ1v) is 7.61. The first-order valence-electron chi connectivity index (χ1n) is 7.61. The van der Waals surface area contributed by atoms with Crippen molar-refractivity contribution in [1.82, 2.24) is 10.6 Å². The molecular weight excluding hydrogens is 309 g/mol. The van der Waals surface area contributed by atoms with E-state index >= 15 is 0 Å². The Hall–Kier alpha value is -2.89. The van der Waals surface area contributed by atoms with Gasteiger partial charge in [-0.25, -0.2) is 9.18 Å². The van der Waals surface area contributed by atoms with Gasteiger partial charge in [0.15, 0.2) is 0 Å². The van der Waals surface area contributed by atoms with E-state index in [0.717, 1.165) is 11.1 Å². The van der Waals surface area contributed by atoms with Crippen molar-refractivity contribution in [3.8, 4) is 0 Å². The Morgan fingerprint density at radius 3 is 2.21 bits per heavy atom. The highest BCUT2D eigenvalue weighted by Gasteiger charge is 2.18. The quantitative estimate of drug-likeness (QED) is 0.761. The monoisotopic (exact) mass is 329 g/mol. The normalized spacial score (nSPS) is 12.9. The smallest absolute Gasteiger partial charge is 0.312 e. The molecule has 6 heteroatoms. The van der Waals surface area contributed by atoms with Crippen molar-refractivity contribution in [1.29, 1.82) is 0 Å². The van der Waals surface area contributed by atoms with Gasteiger partial charge in [-0.2, -0.15) is 0 Å². The van der Waals surface area contributed by atoms with Gasteiger partial charge < -0.3 is 16.4 Å². The first-order chi connectivity index (χ1) is 11.5. The number of carbonyl (C=O) groups is 2. The van der Waals surface area contributed by atoms with E-state index in [1.807, 2.05) is 37.3 Å². The van der Waals surface area contributed by atoms with Crippen molar-refractivity contribution < 1.29 is 14.0 Å². The lowest BCUT2D eigenvalue weighted by Gasteiger charge is -2.20. The molecule has 0 radical (unpaired) electrons. The number of carbonyl (C=O) groups excluding carboxylic acids is 2. The van der Waals surface area contributed by atoms with Crippen molar-refractivity contribution in [2.45, 2.75) is 25.4 Å². The summed E-state index contributed by atoms with van der Waals surface area (Å²) in [5.74, 6) is -0.568. The lowest BCUT2D eigenvalue weighted by atomic mass is 10.0. The summed E-state index contributed by atoms with van der Waals surface area (Å²) in [6.07, 6.45) is 0.0541. The molecule has 0 aromatic heterocycles. The highest BCUT2D eigenvalue weighted by Crippen LogP contribution is 2.18. The fourth-order valence-corrected chi connectivity index (χ4v) is 2.43. The SMILES string of the molecule is C[C@@H](NC(=O)C[C@H](NC(N)=O)c1ccccc1)c1ccc(F)cc1. The van der Waals surface area contributed by atoms with Crippen LogP contribution in [0.2, 0.25) is 0 Å². The van der Waals surface area contributed by atoms with E-state index in [2.05, 4.69) is 10.6 Å². The van der Waals surface area contributed by atoms with Gasteiger partial charge in [0, 0.05) is 0 Å². The molecule has 2 aromatic carbocycles. The molecule has 2 aromatic rings. The second-order valence-electron chi connectivity index (χ2n) is 5.52. The molecule has 0 aliphatic rings. The number of hydrogen-bond donors (Lipinski definition) is 3. The molecular formula is C18H20FN3O2. The zero-order valence-electron chi connectivity index (χ0n) is 13.3. The van der Waals surface area contributed by atoms with E-state index in [1.165, 1.54) is 12.1 Å². The summed E-state index contributed by atoms with van der Waals surface area (Å²) < 4.78 is 13.0. The minimum Gasteiger partial charge on any atom is -0.352 e. The fraction of sp³-hybridized carbons (Fsp3) is 0.222. The molecule has 126 valence electrons. The number of halogens is 1. The van der Waals surface area contributed by atoms with Gasteiger partial charge >= 0.3 is 6.03 Å². The van der Waals surface area contributed by atoms with Crippen molar-refractivity contribution >= 4 is 11.9 Å². The Kier molecular flexibility index (Phi) is 5.89. The topological polar surface area (TPSA) is 84.2 Å². The van der Waals surface area contributed by atoms with Gasteiger partial charge in [-0.3, -0.25) is 4.79 Å². The molecule has 0 saturated carbocycles. The molecule has 3 amide bonds. The van der Waals surface area contributed by atoms with Gasteiger partial charge in [0.05, 0.1) is 18.5 Å². The van der Waals surface area contributed by atoms with Crippen LogP contribution >= 0.6 is 0 Å². The van der Waals surface area contributed by atoms with Gasteiger partial charge in [0.1, 0.15) is 5.82 Å². The predicted octanol–water partition coefficient (Wildman–Crippen LogP) is 2.80. The van der Waals surface area contributed by atoms with E-state index in [0.29, 0.717) is 0 Å². The average molecular weight is 329 g/mol. The number of primary amides is 1. The second kappa shape index (κ2) is 8.10. The van der Waals surface area contributed by atoms with E-state index in [4.69, 9.17) is 5.73 Å². The van der Waals surface area contributed by atoms with Gasteiger partial charge in [-0.15, -0.1) is 0 Å². The van der Waals surface area contributed by atoms with E-state index < -0.39 is 12.1 Å². The Morgan fingerprint density at radius 2 is 1.62 bits per heavy atom. The Bertz CT molecular complexity index is 689. The van der Waals surface area contributed by atoms with Crippen LogP contribution in [0.3, 0.4) is 0 Å². The maximum Gasteiger partial charge on any atom is 0.312 e. The lowest BCUT2D eigenvalue weighted by Crippen LogP contribution is -2.37. The van der Waals surface area contributed by atoms with E-state index in [-0.39, 0.29) is 24.2 Å². The van der Waals surface area contributed by atoms with Gasteiger partial charge in [-0.05, 0) is 30.2 Å². The maximum absolute atomic E-state index is 13.0. The standard InChI is InChI=1S/C18H20FN3O2/c1-12(13-7-9-15(19)10-8-13)21-17(23)11-16(22-18(20)24)14-5-3-2-4-6-14/h2-10,12,16H,11H2,1H3,(H,21,23)(H3,20,22,24)/t12-,16+/m1/s1. The molecule has 0 bridgehead atoms. The number of urea groups is 1. The average Bonchev–Trinajstić information content (AvgIpc) is 2.55. The second-order valence-corrected chi connectivity index (χ2v) is 5.52. The largest absolute Gasteiger partial charge is 0.352 e. The van der Waals surface area contributed by atoms with E-state index in [9.17, 15) is 14.0 Å². The minimum atomic E-state index is -0.691. The summed E-state index contributed by atoms with van der Waals surface area (Å²) in [6.45, 7) is 1.81. The highest BCUT2D eigenvalue weighted by atomic mass is 19.1. The van der Waals surface area contributed by atoms with Crippen LogP contribution in [-0.4, -0.2) is 11.9 Å². The van der Waals surface area contributed by atoms with Crippen LogP contribution < -0.4 is 16.4 Å². The molecule has 2 atom stereocenters. The molecule has 0 unspecified atom stereocenters. The fourth-order valence-electron chi connectivity index (χ4n) is 2.43. The number of hydrogen-bond acceptors (Lipinski definition) is 2. The Labute approximate surface area is 140 Å². The third-order valence-corrected chi connectivity index (χ3v) is 3.66. The summed E-state index contributed by atoms with van der Waals surface area (Å²) in [6, 6.07) is 13.6. The third kappa shape index (κ3) is 5.08. The zero-order valence-corrected chi connectivity index (χ0v) is 13.3. The number of benzene rings is 2. The molecule has 2 rings (SSSR count). The minimum absolute atomic E-state index is 0.0541. The Morgan fingerprint density at radius 1 is 1.00 bits per heavy atom.